The van der Waals surface area contributed by atoms with Crippen LogP contribution in [0.3, 0.4) is 0 Å². The van der Waals surface area contributed by atoms with Crippen molar-refractivity contribution >= 4 is 11.5 Å². The molecule has 0 amide bonds. The second-order valence-electron chi connectivity index (χ2n) is 6.26. The highest BCUT2D eigenvalue weighted by molar-refractivity contribution is 5.64. The Kier molecular flexibility index (Phi) is 3.90. The van der Waals surface area contributed by atoms with Gasteiger partial charge in [-0.15, -0.1) is 5.10 Å². The molecular formula is C18H19FN4O. The number of benzene rings is 1. The molecule has 0 spiro atoms. The minimum absolute atomic E-state index is 0.181. The zero-order valence-electron chi connectivity index (χ0n) is 13.2. The van der Waals surface area contributed by atoms with Gasteiger partial charge >= 0.3 is 0 Å². The number of halogens is 1. The summed E-state index contributed by atoms with van der Waals surface area (Å²) in [5.74, 6) is 0.445. The molecule has 0 saturated heterocycles. The van der Waals surface area contributed by atoms with E-state index in [1.165, 1.54) is 6.07 Å². The van der Waals surface area contributed by atoms with Gasteiger partial charge in [0.05, 0.1) is 18.0 Å². The molecule has 1 aliphatic rings. The summed E-state index contributed by atoms with van der Waals surface area (Å²) in [4.78, 5) is 4.31. The number of aliphatic hydroxyl groups is 1. The summed E-state index contributed by atoms with van der Waals surface area (Å²) < 4.78 is 15.7. The standard InChI is InChI=1S/C18H19FN4O/c19-15-4-2-1-3-14(15)16-11-20-18-10-9-17(22-23(16)18)21-12-5-7-13(24)8-6-12/h1-4,9-13,24H,5-8H2,(H,21,22)/t12-,13-. The van der Waals surface area contributed by atoms with Gasteiger partial charge in [-0.25, -0.2) is 13.9 Å². The van der Waals surface area contributed by atoms with Crippen molar-refractivity contribution in [2.75, 3.05) is 5.32 Å². The van der Waals surface area contributed by atoms with Gasteiger partial charge in [0.2, 0.25) is 0 Å². The first-order valence-electron chi connectivity index (χ1n) is 8.25. The molecule has 2 N–H and O–H groups in total. The highest BCUT2D eigenvalue weighted by atomic mass is 19.1. The predicted molar refractivity (Wildman–Crippen MR) is 90.3 cm³/mol. The Labute approximate surface area is 139 Å². The van der Waals surface area contributed by atoms with Crippen LogP contribution in [0.2, 0.25) is 0 Å². The average molecular weight is 326 g/mol. The van der Waals surface area contributed by atoms with Crippen molar-refractivity contribution in [3.63, 3.8) is 0 Å². The lowest BCUT2D eigenvalue weighted by Crippen LogP contribution is -2.28. The maximum Gasteiger partial charge on any atom is 0.154 e. The van der Waals surface area contributed by atoms with Crippen LogP contribution < -0.4 is 5.32 Å². The summed E-state index contributed by atoms with van der Waals surface area (Å²) in [5.41, 5.74) is 1.79. The van der Waals surface area contributed by atoms with E-state index < -0.39 is 0 Å². The molecule has 1 fully saturated rings. The minimum Gasteiger partial charge on any atom is -0.393 e. The van der Waals surface area contributed by atoms with E-state index in [1.807, 2.05) is 12.1 Å². The summed E-state index contributed by atoms with van der Waals surface area (Å²) in [6.45, 7) is 0. The number of aliphatic hydroxyl groups excluding tert-OH is 1. The van der Waals surface area contributed by atoms with Gasteiger partial charge in [-0.3, -0.25) is 0 Å². The van der Waals surface area contributed by atoms with Crippen LogP contribution in [-0.4, -0.2) is 31.9 Å². The van der Waals surface area contributed by atoms with Gasteiger partial charge in [-0.1, -0.05) is 12.1 Å². The monoisotopic (exact) mass is 326 g/mol. The molecular weight excluding hydrogens is 307 g/mol. The lowest BCUT2D eigenvalue weighted by molar-refractivity contribution is 0.126. The van der Waals surface area contributed by atoms with Crippen LogP contribution >= 0.6 is 0 Å². The minimum atomic E-state index is -0.291. The van der Waals surface area contributed by atoms with Crippen LogP contribution in [0, 0.1) is 5.82 Å². The number of anilines is 1. The number of rotatable bonds is 3. The fourth-order valence-corrected chi connectivity index (χ4v) is 3.23. The first-order chi connectivity index (χ1) is 11.7. The van der Waals surface area contributed by atoms with Crippen LogP contribution in [-0.2, 0) is 0 Å². The quantitative estimate of drug-likeness (QED) is 0.775. The van der Waals surface area contributed by atoms with Crippen molar-refractivity contribution in [3.8, 4) is 11.3 Å². The number of nitrogens with zero attached hydrogens (tertiary/aromatic N) is 3. The molecule has 5 nitrogen and oxygen atoms in total. The predicted octanol–water partition coefficient (Wildman–Crippen LogP) is 3.25. The third-order valence-electron chi connectivity index (χ3n) is 4.56. The molecule has 1 aromatic carbocycles. The number of imidazole rings is 1. The fraction of sp³-hybridized carbons (Fsp3) is 0.333. The van der Waals surface area contributed by atoms with Crippen LogP contribution in [0.25, 0.3) is 16.9 Å². The summed E-state index contributed by atoms with van der Waals surface area (Å²) >= 11 is 0. The first-order valence-corrected chi connectivity index (χ1v) is 8.25. The molecule has 4 rings (SSSR count). The number of fused-ring (bicyclic) bond motifs is 1. The van der Waals surface area contributed by atoms with Gasteiger partial charge in [0.15, 0.2) is 5.65 Å². The maximum atomic E-state index is 14.1. The number of aromatic nitrogens is 3. The Morgan fingerprint density at radius 1 is 1.08 bits per heavy atom. The number of hydrogen-bond donors (Lipinski definition) is 2. The van der Waals surface area contributed by atoms with Gasteiger partial charge in [-0.2, -0.15) is 0 Å². The van der Waals surface area contributed by atoms with Crippen LogP contribution in [0.1, 0.15) is 25.7 Å². The smallest absolute Gasteiger partial charge is 0.154 e. The van der Waals surface area contributed by atoms with Gasteiger partial charge in [0.1, 0.15) is 11.6 Å². The molecule has 2 heterocycles. The van der Waals surface area contributed by atoms with Gasteiger partial charge in [0.25, 0.3) is 0 Å². The first kappa shape index (κ1) is 15.1. The maximum absolute atomic E-state index is 14.1. The van der Waals surface area contributed by atoms with E-state index in [4.69, 9.17) is 0 Å². The third-order valence-corrected chi connectivity index (χ3v) is 4.56. The highest BCUT2D eigenvalue weighted by Gasteiger charge is 2.20. The molecule has 0 unspecified atom stereocenters. The zero-order valence-corrected chi connectivity index (χ0v) is 13.2. The summed E-state index contributed by atoms with van der Waals surface area (Å²) in [6, 6.07) is 10.7. The molecule has 3 aromatic rings. The van der Waals surface area contributed by atoms with Crippen molar-refractivity contribution in [2.45, 2.75) is 37.8 Å². The summed E-state index contributed by atoms with van der Waals surface area (Å²) in [6.07, 6.45) is 4.92. The zero-order chi connectivity index (χ0) is 16.5. The van der Waals surface area contributed by atoms with E-state index in [0.717, 1.165) is 31.5 Å². The van der Waals surface area contributed by atoms with E-state index in [2.05, 4.69) is 15.4 Å². The van der Waals surface area contributed by atoms with Crippen molar-refractivity contribution in [1.82, 2.24) is 14.6 Å². The van der Waals surface area contributed by atoms with Crippen LogP contribution in [0.5, 0.6) is 0 Å². The Balaban J connectivity index is 1.65. The normalized spacial score (nSPS) is 21.1. The second kappa shape index (κ2) is 6.20. The molecule has 0 bridgehead atoms. The topological polar surface area (TPSA) is 62.5 Å². The molecule has 0 aliphatic heterocycles. The lowest BCUT2D eigenvalue weighted by atomic mass is 9.93. The average Bonchev–Trinajstić information content (AvgIpc) is 3.00. The molecule has 1 aliphatic carbocycles. The van der Waals surface area contributed by atoms with E-state index >= 15 is 0 Å². The van der Waals surface area contributed by atoms with Crippen molar-refractivity contribution in [3.05, 3.63) is 48.4 Å². The fourth-order valence-electron chi connectivity index (χ4n) is 3.23. The van der Waals surface area contributed by atoms with Gasteiger partial charge in [-0.05, 0) is 49.9 Å². The SMILES string of the molecule is O[C@H]1CC[C@H](Nc2ccc3ncc(-c4ccccc4F)n3n2)CC1. The van der Waals surface area contributed by atoms with Gasteiger partial charge < -0.3 is 10.4 Å². The van der Waals surface area contributed by atoms with E-state index in [9.17, 15) is 9.50 Å². The molecule has 0 radical (unpaired) electrons. The van der Waals surface area contributed by atoms with Crippen LogP contribution in [0.4, 0.5) is 10.2 Å². The Hall–Kier alpha value is -2.47. The molecule has 124 valence electrons. The van der Waals surface area contributed by atoms with Crippen molar-refractivity contribution in [1.29, 1.82) is 0 Å². The van der Waals surface area contributed by atoms with E-state index in [1.54, 1.807) is 28.9 Å². The Morgan fingerprint density at radius 3 is 2.67 bits per heavy atom. The Morgan fingerprint density at radius 2 is 1.88 bits per heavy atom. The number of hydrogen-bond acceptors (Lipinski definition) is 4. The van der Waals surface area contributed by atoms with Crippen molar-refractivity contribution < 1.29 is 9.50 Å². The molecule has 0 atom stereocenters. The second-order valence-corrected chi connectivity index (χ2v) is 6.26. The molecule has 1 saturated carbocycles. The van der Waals surface area contributed by atoms with Gasteiger partial charge in [0, 0.05) is 11.6 Å². The highest BCUT2D eigenvalue weighted by Crippen LogP contribution is 2.25. The van der Waals surface area contributed by atoms with Crippen molar-refractivity contribution in [2.24, 2.45) is 0 Å². The molecule has 24 heavy (non-hydrogen) atoms. The largest absolute Gasteiger partial charge is 0.393 e. The summed E-state index contributed by atoms with van der Waals surface area (Å²) in [5, 5.41) is 17.6. The Bertz CT molecular complexity index is 855. The molecule has 6 heteroatoms. The van der Waals surface area contributed by atoms with E-state index in [0.29, 0.717) is 22.9 Å². The third kappa shape index (κ3) is 2.85. The van der Waals surface area contributed by atoms with E-state index in [-0.39, 0.29) is 11.9 Å². The molecule has 2 aromatic heterocycles. The van der Waals surface area contributed by atoms with Crippen LogP contribution in [0.15, 0.2) is 42.6 Å². The summed E-state index contributed by atoms with van der Waals surface area (Å²) in [7, 11) is 0. The number of nitrogens with one attached hydrogen (secondary N) is 1. The lowest BCUT2D eigenvalue weighted by Gasteiger charge is -2.26.